The first kappa shape index (κ1) is 17.3. The Morgan fingerprint density at radius 1 is 1.57 bits per heavy atom. The third kappa shape index (κ3) is 3.48. The second-order valence-electron chi connectivity index (χ2n) is 7.06. The molecule has 2 atom stereocenters. The van der Waals surface area contributed by atoms with Crippen LogP contribution < -0.4 is 11.5 Å². The van der Waals surface area contributed by atoms with Crippen LogP contribution in [0.1, 0.15) is 44.4 Å². The lowest BCUT2D eigenvalue weighted by Gasteiger charge is -2.50. The van der Waals surface area contributed by atoms with E-state index in [4.69, 9.17) is 16.7 Å². The molecular weight excluding hydrogens is 292 g/mol. The minimum atomic E-state index is 0.0473. The van der Waals surface area contributed by atoms with Gasteiger partial charge in [0.15, 0.2) is 5.82 Å². The number of aromatic nitrogens is 2. The van der Waals surface area contributed by atoms with Crippen molar-refractivity contribution in [2.75, 3.05) is 19.3 Å². The second-order valence-corrected chi connectivity index (χ2v) is 7.06. The lowest BCUT2D eigenvalue weighted by Crippen LogP contribution is -2.55. The zero-order chi connectivity index (χ0) is 17.2. The van der Waals surface area contributed by atoms with Crippen molar-refractivity contribution in [1.29, 1.82) is 5.26 Å². The monoisotopic (exact) mass is 318 g/mol. The maximum atomic E-state index is 12.3. The van der Waals surface area contributed by atoms with E-state index in [1.54, 1.807) is 4.90 Å². The molecule has 23 heavy (non-hydrogen) atoms. The quantitative estimate of drug-likeness (QED) is 0.722. The molecule has 126 valence electrons. The van der Waals surface area contributed by atoms with Gasteiger partial charge in [-0.25, -0.2) is 0 Å². The number of carbonyl (C=O) groups excluding carboxylic acids is 1. The molecule has 1 amide bonds. The van der Waals surface area contributed by atoms with Crippen molar-refractivity contribution >= 4 is 11.7 Å². The maximum absolute atomic E-state index is 12.3. The fourth-order valence-corrected chi connectivity index (χ4v) is 3.09. The topological polar surface area (TPSA) is 125 Å². The molecule has 0 saturated heterocycles. The van der Waals surface area contributed by atoms with E-state index in [0.717, 1.165) is 18.5 Å². The van der Waals surface area contributed by atoms with E-state index >= 15 is 0 Å². The minimum absolute atomic E-state index is 0.0473. The van der Waals surface area contributed by atoms with Gasteiger partial charge in [0.2, 0.25) is 5.91 Å². The average Bonchev–Trinajstić information content (AvgIpc) is 2.86. The number of H-pyrrole nitrogens is 1. The minimum Gasteiger partial charge on any atom is -0.381 e. The number of aromatic amines is 1. The van der Waals surface area contributed by atoms with Gasteiger partial charge < -0.3 is 16.4 Å². The third-order valence-electron chi connectivity index (χ3n) is 5.29. The zero-order valence-corrected chi connectivity index (χ0v) is 14.1. The summed E-state index contributed by atoms with van der Waals surface area (Å²) in [6.45, 7) is 4.90. The Morgan fingerprint density at radius 2 is 2.26 bits per heavy atom. The molecule has 0 spiro atoms. The van der Waals surface area contributed by atoms with Gasteiger partial charge >= 0.3 is 0 Å². The van der Waals surface area contributed by atoms with Gasteiger partial charge in [-0.2, -0.15) is 10.4 Å². The van der Waals surface area contributed by atoms with Crippen LogP contribution in [0.15, 0.2) is 0 Å². The van der Waals surface area contributed by atoms with E-state index < -0.39 is 0 Å². The van der Waals surface area contributed by atoms with Crippen LogP contribution in [0.3, 0.4) is 0 Å². The number of anilines is 1. The van der Waals surface area contributed by atoms with E-state index in [1.807, 2.05) is 13.1 Å². The van der Waals surface area contributed by atoms with E-state index in [1.165, 1.54) is 0 Å². The first-order valence-corrected chi connectivity index (χ1v) is 7.99. The molecule has 1 aliphatic carbocycles. The molecule has 0 aliphatic heterocycles. The van der Waals surface area contributed by atoms with Gasteiger partial charge in [0.05, 0.1) is 5.69 Å². The van der Waals surface area contributed by atoms with Crippen molar-refractivity contribution in [2.24, 2.45) is 17.1 Å². The molecule has 2 rings (SSSR count). The van der Waals surface area contributed by atoms with Crippen molar-refractivity contribution in [2.45, 2.75) is 45.6 Å². The molecule has 2 unspecified atom stereocenters. The standard InChI is InChI=1S/C16H26N6O/c1-16(2)10(7-13(16)18)8-14(23)22(3)6-4-5-12-11(9-17)15(19)21-20-12/h10,13H,4-8,18H2,1-3H3,(H3,19,20,21). The van der Waals surface area contributed by atoms with Crippen molar-refractivity contribution in [3.05, 3.63) is 11.3 Å². The number of nitrogens with one attached hydrogen (secondary N) is 1. The predicted molar refractivity (Wildman–Crippen MR) is 88.2 cm³/mol. The van der Waals surface area contributed by atoms with Crippen LogP contribution >= 0.6 is 0 Å². The van der Waals surface area contributed by atoms with Crippen LogP contribution in [0.4, 0.5) is 5.82 Å². The van der Waals surface area contributed by atoms with Gasteiger partial charge in [-0.05, 0) is 30.6 Å². The second kappa shape index (κ2) is 6.59. The highest BCUT2D eigenvalue weighted by Gasteiger charge is 2.46. The van der Waals surface area contributed by atoms with Crippen LogP contribution in [0.25, 0.3) is 0 Å². The van der Waals surface area contributed by atoms with Gasteiger partial charge in [0.1, 0.15) is 11.6 Å². The van der Waals surface area contributed by atoms with Gasteiger partial charge in [-0.1, -0.05) is 13.8 Å². The van der Waals surface area contributed by atoms with Crippen LogP contribution in [-0.2, 0) is 11.2 Å². The molecule has 1 aromatic heterocycles. The summed E-state index contributed by atoms with van der Waals surface area (Å²) in [5, 5.41) is 15.6. The number of aryl methyl sites for hydroxylation is 1. The van der Waals surface area contributed by atoms with Gasteiger partial charge in [-0.3, -0.25) is 9.89 Å². The van der Waals surface area contributed by atoms with Crippen molar-refractivity contribution in [3.63, 3.8) is 0 Å². The number of nitrogens with two attached hydrogens (primary N) is 2. The molecule has 1 heterocycles. The summed E-state index contributed by atoms with van der Waals surface area (Å²) in [4.78, 5) is 14.1. The SMILES string of the molecule is CN(CCCc1[nH]nc(N)c1C#N)C(=O)CC1CC(N)C1(C)C. The number of nitriles is 1. The molecule has 1 aromatic rings. The molecule has 5 N–H and O–H groups in total. The molecule has 1 saturated carbocycles. The highest BCUT2D eigenvalue weighted by atomic mass is 16.2. The molecule has 0 bridgehead atoms. The van der Waals surface area contributed by atoms with Crippen LogP contribution in [0.2, 0.25) is 0 Å². The Labute approximate surface area is 137 Å². The van der Waals surface area contributed by atoms with Gasteiger partial charge in [0, 0.05) is 26.1 Å². The third-order valence-corrected chi connectivity index (χ3v) is 5.29. The van der Waals surface area contributed by atoms with Crippen molar-refractivity contribution in [1.82, 2.24) is 15.1 Å². The number of carbonyl (C=O) groups is 1. The first-order valence-electron chi connectivity index (χ1n) is 7.99. The summed E-state index contributed by atoms with van der Waals surface area (Å²) in [6, 6.07) is 2.24. The highest BCUT2D eigenvalue weighted by molar-refractivity contribution is 5.76. The normalized spacial score (nSPS) is 22.2. The Morgan fingerprint density at radius 3 is 2.83 bits per heavy atom. The molecule has 7 heteroatoms. The lowest BCUT2D eigenvalue weighted by molar-refractivity contribution is -0.134. The van der Waals surface area contributed by atoms with Gasteiger partial charge in [-0.15, -0.1) is 0 Å². The lowest BCUT2D eigenvalue weighted by atomic mass is 9.58. The number of hydrogen-bond donors (Lipinski definition) is 3. The summed E-state index contributed by atoms with van der Waals surface area (Å²) in [5.74, 6) is 0.750. The maximum Gasteiger partial charge on any atom is 0.222 e. The van der Waals surface area contributed by atoms with E-state index in [-0.39, 0.29) is 23.2 Å². The van der Waals surface area contributed by atoms with Crippen molar-refractivity contribution in [3.8, 4) is 6.07 Å². The number of rotatable bonds is 6. The smallest absolute Gasteiger partial charge is 0.222 e. The van der Waals surface area contributed by atoms with Crippen LogP contribution in [0, 0.1) is 22.7 Å². The Bertz CT molecular complexity index is 615. The Hall–Kier alpha value is -2.07. The predicted octanol–water partition coefficient (Wildman–Crippen LogP) is 1.02. The number of nitrogen functional groups attached to an aromatic ring is 1. The summed E-state index contributed by atoms with van der Waals surface area (Å²) in [6.07, 6.45) is 2.87. The summed E-state index contributed by atoms with van der Waals surface area (Å²) < 4.78 is 0. The number of amides is 1. The van der Waals surface area contributed by atoms with Crippen molar-refractivity contribution < 1.29 is 4.79 Å². The molecule has 0 radical (unpaired) electrons. The Kier molecular flexibility index (Phi) is 4.95. The fourth-order valence-electron chi connectivity index (χ4n) is 3.09. The van der Waals surface area contributed by atoms with E-state index in [0.29, 0.717) is 30.9 Å². The molecular formula is C16H26N6O. The van der Waals surface area contributed by atoms with Crippen LogP contribution in [-0.4, -0.2) is 40.6 Å². The van der Waals surface area contributed by atoms with E-state index in [2.05, 4.69) is 24.0 Å². The molecule has 7 nitrogen and oxygen atoms in total. The van der Waals surface area contributed by atoms with Gasteiger partial charge in [0.25, 0.3) is 0 Å². The fraction of sp³-hybridized carbons (Fsp3) is 0.688. The summed E-state index contributed by atoms with van der Waals surface area (Å²) in [7, 11) is 1.82. The average molecular weight is 318 g/mol. The first-order chi connectivity index (χ1) is 10.8. The summed E-state index contributed by atoms with van der Waals surface area (Å²) in [5.41, 5.74) is 12.8. The molecule has 1 fully saturated rings. The largest absolute Gasteiger partial charge is 0.381 e. The molecule has 0 aromatic carbocycles. The number of hydrogen-bond acceptors (Lipinski definition) is 5. The Balaban J connectivity index is 1.78. The molecule has 1 aliphatic rings. The number of nitrogens with zero attached hydrogens (tertiary/aromatic N) is 3. The van der Waals surface area contributed by atoms with E-state index in [9.17, 15) is 4.79 Å². The zero-order valence-electron chi connectivity index (χ0n) is 14.1. The summed E-state index contributed by atoms with van der Waals surface area (Å²) >= 11 is 0. The van der Waals surface area contributed by atoms with Crippen LogP contribution in [0.5, 0.6) is 0 Å². The highest BCUT2D eigenvalue weighted by Crippen LogP contribution is 2.46.